The third-order valence-corrected chi connectivity index (χ3v) is 4.72. The van der Waals surface area contributed by atoms with E-state index in [0.717, 1.165) is 0 Å². The van der Waals surface area contributed by atoms with Gasteiger partial charge in [0.15, 0.2) is 12.7 Å². The highest BCUT2D eigenvalue weighted by atomic mass is 16.8. The molecule has 0 spiro atoms. The second-order valence-corrected chi connectivity index (χ2v) is 6.13. The van der Waals surface area contributed by atoms with Gasteiger partial charge in [-0.15, -0.1) is 0 Å². The molecule has 5 unspecified atom stereocenters. The summed E-state index contributed by atoms with van der Waals surface area (Å²) in [5, 5.41) is 9.11. The molecule has 0 aromatic heterocycles. The number of hydrogen-bond acceptors (Lipinski definition) is 8. The van der Waals surface area contributed by atoms with E-state index in [-0.39, 0.29) is 23.3 Å². The monoisotopic (exact) mass is 326 g/mol. The Kier molecular flexibility index (Phi) is 3.89. The summed E-state index contributed by atoms with van der Waals surface area (Å²) in [5.74, 6) is -3.86. The Morgan fingerprint density at radius 2 is 2.17 bits per heavy atom. The zero-order valence-corrected chi connectivity index (χ0v) is 12.6. The van der Waals surface area contributed by atoms with Gasteiger partial charge in [0, 0.05) is 17.4 Å². The zero-order valence-electron chi connectivity index (χ0n) is 12.6. The molecule has 3 aliphatic rings. The molecule has 0 aromatic carbocycles. The third kappa shape index (κ3) is 2.42. The van der Waals surface area contributed by atoms with Gasteiger partial charge < -0.3 is 24.1 Å². The standard InChI is InChI=1S/C15H18O8/c1-7(2)13(18)20-5-11(17)22-12-8-3-9-10(4-8)15(12,21-6-16)23-14(9)19/h8-10,12,16H,1,3-6H2,2H3. The Bertz CT molecular complexity index is 570. The number of ether oxygens (including phenoxy) is 4. The molecule has 2 saturated carbocycles. The van der Waals surface area contributed by atoms with E-state index in [4.69, 9.17) is 24.1 Å². The van der Waals surface area contributed by atoms with Crippen LogP contribution in [0.4, 0.5) is 0 Å². The van der Waals surface area contributed by atoms with Gasteiger partial charge in [0.2, 0.25) is 0 Å². The van der Waals surface area contributed by atoms with E-state index in [9.17, 15) is 14.4 Å². The molecule has 23 heavy (non-hydrogen) atoms. The molecule has 0 aromatic rings. The zero-order chi connectivity index (χ0) is 16.8. The van der Waals surface area contributed by atoms with Crippen LogP contribution in [0.2, 0.25) is 0 Å². The predicted octanol–water partition coefficient (Wildman–Crippen LogP) is -0.107. The maximum Gasteiger partial charge on any atom is 0.344 e. The van der Waals surface area contributed by atoms with Crippen molar-refractivity contribution in [2.75, 3.05) is 13.4 Å². The van der Waals surface area contributed by atoms with Crippen LogP contribution in [0.3, 0.4) is 0 Å². The largest absolute Gasteiger partial charge is 0.453 e. The molecule has 1 aliphatic heterocycles. The topological polar surface area (TPSA) is 108 Å². The summed E-state index contributed by atoms with van der Waals surface area (Å²) < 4.78 is 20.7. The van der Waals surface area contributed by atoms with Crippen molar-refractivity contribution >= 4 is 17.9 Å². The van der Waals surface area contributed by atoms with E-state index in [1.54, 1.807) is 0 Å². The summed E-state index contributed by atoms with van der Waals surface area (Å²) in [6.07, 6.45) is 0.377. The summed E-state index contributed by atoms with van der Waals surface area (Å²) in [5.41, 5.74) is 0.172. The normalized spacial score (nSPS) is 36.7. The maximum atomic E-state index is 11.9. The minimum atomic E-state index is -1.42. The van der Waals surface area contributed by atoms with Gasteiger partial charge in [-0.05, 0) is 19.8 Å². The van der Waals surface area contributed by atoms with Crippen molar-refractivity contribution in [3.05, 3.63) is 12.2 Å². The van der Waals surface area contributed by atoms with Crippen molar-refractivity contribution in [3.8, 4) is 0 Å². The van der Waals surface area contributed by atoms with Gasteiger partial charge in [0.1, 0.15) is 6.79 Å². The lowest BCUT2D eigenvalue weighted by Crippen LogP contribution is -2.51. The van der Waals surface area contributed by atoms with Gasteiger partial charge in [-0.2, -0.15) is 0 Å². The molecule has 126 valence electrons. The van der Waals surface area contributed by atoms with E-state index in [0.29, 0.717) is 12.8 Å². The average molecular weight is 326 g/mol. The first kappa shape index (κ1) is 15.9. The fraction of sp³-hybridized carbons (Fsp3) is 0.667. The van der Waals surface area contributed by atoms with Crippen LogP contribution in [0.15, 0.2) is 12.2 Å². The number of carbonyl (C=O) groups is 3. The third-order valence-electron chi connectivity index (χ3n) is 4.72. The highest BCUT2D eigenvalue weighted by Gasteiger charge is 2.73. The molecule has 2 bridgehead atoms. The first-order chi connectivity index (χ1) is 10.9. The van der Waals surface area contributed by atoms with Crippen LogP contribution in [0.1, 0.15) is 19.8 Å². The molecule has 3 rings (SSSR count). The average Bonchev–Trinajstić information content (AvgIpc) is 3.08. The number of aliphatic hydroxyl groups excluding tert-OH is 1. The molecule has 1 N–H and O–H groups in total. The Hall–Kier alpha value is -1.93. The van der Waals surface area contributed by atoms with Gasteiger partial charge >= 0.3 is 17.9 Å². The molecule has 8 heteroatoms. The van der Waals surface area contributed by atoms with Crippen molar-refractivity contribution in [1.29, 1.82) is 0 Å². The maximum absolute atomic E-state index is 11.9. The molecular formula is C15H18O8. The van der Waals surface area contributed by atoms with E-state index >= 15 is 0 Å². The lowest BCUT2D eigenvalue weighted by molar-refractivity contribution is -0.289. The van der Waals surface area contributed by atoms with Crippen molar-refractivity contribution in [1.82, 2.24) is 0 Å². The Morgan fingerprint density at radius 3 is 2.83 bits per heavy atom. The minimum Gasteiger partial charge on any atom is -0.453 e. The lowest BCUT2D eigenvalue weighted by Gasteiger charge is -2.36. The fourth-order valence-electron chi connectivity index (χ4n) is 3.86. The van der Waals surface area contributed by atoms with Crippen molar-refractivity contribution < 1.29 is 38.4 Å². The minimum absolute atomic E-state index is 0.0798. The number of fused-ring (bicyclic) bond motifs is 1. The number of esters is 3. The molecule has 0 radical (unpaired) electrons. The fourth-order valence-corrected chi connectivity index (χ4v) is 3.86. The van der Waals surface area contributed by atoms with E-state index < -0.39 is 43.2 Å². The van der Waals surface area contributed by atoms with Crippen LogP contribution in [-0.2, 0) is 33.3 Å². The molecule has 2 aliphatic carbocycles. The second kappa shape index (κ2) is 5.61. The SMILES string of the molecule is C=C(C)C(=O)OCC(=O)OC1C2CC3C(=O)OC1(OCO)C3C2. The summed E-state index contributed by atoms with van der Waals surface area (Å²) in [7, 11) is 0. The molecule has 1 saturated heterocycles. The van der Waals surface area contributed by atoms with E-state index in [1.807, 2.05) is 0 Å². The Labute approximate surface area is 132 Å². The summed E-state index contributed by atoms with van der Waals surface area (Å²) in [6, 6.07) is 0. The lowest BCUT2D eigenvalue weighted by atomic mass is 9.85. The molecule has 0 amide bonds. The van der Waals surface area contributed by atoms with Gasteiger partial charge in [0.05, 0.1) is 5.92 Å². The first-order valence-electron chi connectivity index (χ1n) is 7.39. The summed E-state index contributed by atoms with van der Waals surface area (Å²) in [4.78, 5) is 35.1. The molecular weight excluding hydrogens is 308 g/mol. The van der Waals surface area contributed by atoms with Gasteiger partial charge in [-0.3, -0.25) is 4.79 Å². The predicted molar refractivity (Wildman–Crippen MR) is 72.4 cm³/mol. The highest BCUT2D eigenvalue weighted by molar-refractivity contribution is 5.88. The number of hydrogen-bond donors (Lipinski definition) is 1. The number of carbonyl (C=O) groups excluding carboxylic acids is 3. The van der Waals surface area contributed by atoms with Crippen LogP contribution < -0.4 is 0 Å². The summed E-state index contributed by atoms with van der Waals surface area (Å²) in [6.45, 7) is 3.66. The van der Waals surface area contributed by atoms with Gasteiger partial charge in [0.25, 0.3) is 5.79 Å². The van der Waals surface area contributed by atoms with Gasteiger partial charge in [-0.1, -0.05) is 6.58 Å². The second-order valence-electron chi connectivity index (χ2n) is 6.13. The smallest absolute Gasteiger partial charge is 0.344 e. The molecule has 3 fully saturated rings. The van der Waals surface area contributed by atoms with Crippen LogP contribution >= 0.6 is 0 Å². The van der Waals surface area contributed by atoms with Crippen LogP contribution in [-0.4, -0.2) is 48.3 Å². The summed E-state index contributed by atoms with van der Waals surface area (Å²) >= 11 is 0. The van der Waals surface area contributed by atoms with E-state index in [1.165, 1.54) is 6.92 Å². The quantitative estimate of drug-likeness (QED) is 0.312. The first-order valence-corrected chi connectivity index (χ1v) is 7.39. The highest BCUT2D eigenvalue weighted by Crippen LogP contribution is 2.61. The van der Waals surface area contributed by atoms with Crippen molar-refractivity contribution in [2.45, 2.75) is 31.7 Å². The van der Waals surface area contributed by atoms with Crippen LogP contribution in [0.25, 0.3) is 0 Å². The van der Waals surface area contributed by atoms with Crippen molar-refractivity contribution in [2.24, 2.45) is 17.8 Å². The van der Waals surface area contributed by atoms with Gasteiger partial charge in [-0.25, -0.2) is 9.59 Å². The van der Waals surface area contributed by atoms with E-state index in [2.05, 4.69) is 6.58 Å². The molecule has 1 heterocycles. The van der Waals surface area contributed by atoms with Crippen molar-refractivity contribution in [3.63, 3.8) is 0 Å². The Morgan fingerprint density at radius 1 is 1.43 bits per heavy atom. The van der Waals surface area contributed by atoms with Crippen LogP contribution in [0.5, 0.6) is 0 Å². The molecule has 8 nitrogen and oxygen atoms in total. The van der Waals surface area contributed by atoms with Crippen LogP contribution in [0, 0.1) is 17.8 Å². The number of rotatable bonds is 6. The molecule has 5 atom stereocenters. The number of aliphatic hydroxyl groups is 1. The Balaban J connectivity index is 1.68.